The molecule has 0 unspecified atom stereocenters. The molecule has 2 heterocycles. The number of aromatic nitrogens is 3. The van der Waals surface area contributed by atoms with E-state index in [4.69, 9.17) is 0 Å². The standard InChI is InChI=1S/C10H9BrN4/c1-7-4-8(11)10(13-5-7)15-9-2-3-12-6-14-9/h2-6H,1H3,(H,12,13,14,15). The summed E-state index contributed by atoms with van der Waals surface area (Å²) in [6.45, 7) is 1.99. The molecule has 0 amide bonds. The fourth-order valence-electron chi connectivity index (χ4n) is 1.11. The van der Waals surface area contributed by atoms with Gasteiger partial charge in [-0.25, -0.2) is 15.0 Å². The summed E-state index contributed by atoms with van der Waals surface area (Å²) in [5, 5.41) is 3.09. The Bertz CT molecular complexity index is 458. The molecule has 1 N–H and O–H groups in total. The zero-order valence-corrected chi connectivity index (χ0v) is 9.69. The van der Waals surface area contributed by atoms with Gasteiger partial charge in [-0.2, -0.15) is 0 Å². The summed E-state index contributed by atoms with van der Waals surface area (Å²) in [4.78, 5) is 12.1. The molecule has 5 heteroatoms. The van der Waals surface area contributed by atoms with E-state index in [2.05, 4.69) is 36.2 Å². The average Bonchev–Trinajstić information content (AvgIpc) is 2.24. The van der Waals surface area contributed by atoms with Crippen molar-refractivity contribution in [3.05, 3.63) is 40.9 Å². The van der Waals surface area contributed by atoms with Gasteiger partial charge in [0.2, 0.25) is 0 Å². The first kappa shape index (κ1) is 10.0. The van der Waals surface area contributed by atoms with Crippen molar-refractivity contribution in [3.8, 4) is 0 Å². The van der Waals surface area contributed by atoms with Crippen molar-refractivity contribution in [1.29, 1.82) is 0 Å². The summed E-state index contributed by atoms with van der Waals surface area (Å²) in [7, 11) is 0. The molecule has 0 saturated heterocycles. The number of nitrogens with zero attached hydrogens (tertiary/aromatic N) is 3. The molecule has 0 spiro atoms. The van der Waals surface area contributed by atoms with Gasteiger partial charge in [-0.1, -0.05) is 0 Å². The highest BCUT2D eigenvalue weighted by atomic mass is 79.9. The van der Waals surface area contributed by atoms with Crippen molar-refractivity contribution in [1.82, 2.24) is 15.0 Å². The lowest BCUT2D eigenvalue weighted by atomic mass is 10.3. The quantitative estimate of drug-likeness (QED) is 0.906. The minimum absolute atomic E-state index is 0.724. The highest BCUT2D eigenvalue weighted by Gasteiger charge is 2.02. The van der Waals surface area contributed by atoms with Crippen molar-refractivity contribution in [2.24, 2.45) is 0 Å². The summed E-state index contributed by atoms with van der Waals surface area (Å²) in [5.74, 6) is 1.47. The molecule has 0 aliphatic rings. The zero-order chi connectivity index (χ0) is 10.7. The largest absolute Gasteiger partial charge is 0.324 e. The van der Waals surface area contributed by atoms with Crippen molar-refractivity contribution in [2.75, 3.05) is 5.32 Å². The van der Waals surface area contributed by atoms with Crippen molar-refractivity contribution in [3.63, 3.8) is 0 Å². The number of aryl methyl sites for hydroxylation is 1. The number of pyridine rings is 1. The summed E-state index contributed by atoms with van der Waals surface area (Å²) >= 11 is 3.44. The first-order valence-corrected chi connectivity index (χ1v) is 5.20. The molecule has 0 bridgehead atoms. The lowest BCUT2D eigenvalue weighted by Gasteiger charge is -2.06. The minimum atomic E-state index is 0.724. The summed E-state index contributed by atoms with van der Waals surface area (Å²) in [6.07, 6.45) is 4.97. The van der Waals surface area contributed by atoms with Gasteiger partial charge in [0, 0.05) is 12.4 Å². The minimum Gasteiger partial charge on any atom is -0.324 e. The van der Waals surface area contributed by atoms with Crippen LogP contribution in [0, 0.1) is 6.92 Å². The molecule has 0 aliphatic carbocycles. The molecule has 0 aliphatic heterocycles. The molecule has 76 valence electrons. The van der Waals surface area contributed by atoms with Crippen molar-refractivity contribution >= 4 is 27.6 Å². The number of nitrogens with one attached hydrogen (secondary N) is 1. The molecular formula is C10H9BrN4. The van der Waals surface area contributed by atoms with Crippen LogP contribution in [0.1, 0.15) is 5.56 Å². The maximum atomic E-state index is 4.25. The molecule has 4 nitrogen and oxygen atoms in total. The van der Waals surface area contributed by atoms with E-state index >= 15 is 0 Å². The van der Waals surface area contributed by atoms with E-state index in [9.17, 15) is 0 Å². The Morgan fingerprint density at radius 2 is 2.20 bits per heavy atom. The smallest absolute Gasteiger partial charge is 0.145 e. The van der Waals surface area contributed by atoms with E-state index in [1.54, 1.807) is 18.5 Å². The second kappa shape index (κ2) is 4.35. The van der Waals surface area contributed by atoms with Gasteiger partial charge in [0.15, 0.2) is 0 Å². The van der Waals surface area contributed by atoms with Gasteiger partial charge in [0.25, 0.3) is 0 Å². The first-order chi connectivity index (χ1) is 7.25. The van der Waals surface area contributed by atoms with E-state index in [1.807, 2.05) is 13.0 Å². The van der Waals surface area contributed by atoms with Crippen molar-refractivity contribution < 1.29 is 0 Å². The molecule has 15 heavy (non-hydrogen) atoms. The molecule has 2 aromatic rings. The molecule has 0 aromatic carbocycles. The van der Waals surface area contributed by atoms with Gasteiger partial charge in [-0.15, -0.1) is 0 Å². The van der Waals surface area contributed by atoms with Gasteiger partial charge in [0.05, 0.1) is 4.47 Å². The Hall–Kier alpha value is -1.49. The van der Waals surface area contributed by atoms with E-state index < -0.39 is 0 Å². The lowest BCUT2D eigenvalue weighted by Crippen LogP contribution is -1.97. The van der Waals surface area contributed by atoms with Crippen LogP contribution in [0.5, 0.6) is 0 Å². The van der Waals surface area contributed by atoms with Crippen LogP contribution in [-0.2, 0) is 0 Å². The van der Waals surface area contributed by atoms with Crippen molar-refractivity contribution in [2.45, 2.75) is 6.92 Å². The van der Waals surface area contributed by atoms with Crippen LogP contribution in [0.25, 0.3) is 0 Å². The number of hydrogen-bond donors (Lipinski definition) is 1. The van der Waals surface area contributed by atoms with Crippen LogP contribution in [0.2, 0.25) is 0 Å². The van der Waals surface area contributed by atoms with Gasteiger partial charge in [-0.3, -0.25) is 0 Å². The van der Waals surface area contributed by atoms with Gasteiger partial charge in [0.1, 0.15) is 18.0 Å². The molecule has 2 rings (SSSR count). The monoisotopic (exact) mass is 264 g/mol. The third-order valence-corrected chi connectivity index (χ3v) is 2.41. The van der Waals surface area contributed by atoms with E-state index in [0.29, 0.717) is 0 Å². The SMILES string of the molecule is Cc1cnc(Nc2ccncn2)c(Br)c1. The highest BCUT2D eigenvalue weighted by molar-refractivity contribution is 9.10. The zero-order valence-electron chi connectivity index (χ0n) is 8.11. The van der Waals surface area contributed by atoms with Crippen LogP contribution in [-0.4, -0.2) is 15.0 Å². The highest BCUT2D eigenvalue weighted by Crippen LogP contribution is 2.22. The van der Waals surface area contributed by atoms with Gasteiger partial charge in [-0.05, 0) is 40.5 Å². The number of halogens is 1. The molecule has 0 atom stereocenters. The third kappa shape index (κ3) is 2.50. The normalized spacial score (nSPS) is 10.0. The fourth-order valence-corrected chi connectivity index (χ4v) is 1.67. The summed E-state index contributed by atoms with van der Waals surface area (Å²) in [5.41, 5.74) is 1.11. The Morgan fingerprint density at radius 3 is 2.87 bits per heavy atom. The second-order valence-electron chi connectivity index (χ2n) is 3.06. The second-order valence-corrected chi connectivity index (χ2v) is 3.92. The number of anilines is 2. The van der Waals surface area contributed by atoms with Crippen LogP contribution in [0.15, 0.2) is 35.3 Å². The first-order valence-electron chi connectivity index (χ1n) is 4.41. The topological polar surface area (TPSA) is 50.7 Å². The number of rotatable bonds is 2. The van der Waals surface area contributed by atoms with Gasteiger partial charge >= 0.3 is 0 Å². The molecule has 0 radical (unpaired) electrons. The molecule has 0 fully saturated rings. The van der Waals surface area contributed by atoms with E-state index in [-0.39, 0.29) is 0 Å². The van der Waals surface area contributed by atoms with E-state index in [1.165, 1.54) is 6.33 Å². The fraction of sp³-hybridized carbons (Fsp3) is 0.100. The lowest BCUT2D eigenvalue weighted by molar-refractivity contribution is 1.15. The predicted octanol–water partition coefficient (Wildman–Crippen LogP) is 2.69. The van der Waals surface area contributed by atoms with Crippen LogP contribution >= 0.6 is 15.9 Å². The van der Waals surface area contributed by atoms with Crippen LogP contribution in [0.4, 0.5) is 11.6 Å². The van der Waals surface area contributed by atoms with E-state index in [0.717, 1.165) is 21.7 Å². The Kier molecular flexibility index (Phi) is 2.91. The Balaban J connectivity index is 2.25. The maximum Gasteiger partial charge on any atom is 0.145 e. The van der Waals surface area contributed by atoms with Crippen LogP contribution < -0.4 is 5.32 Å². The van der Waals surface area contributed by atoms with Crippen LogP contribution in [0.3, 0.4) is 0 Å². The molecular weight excluding hydrogens is 256 g/mol. The maximum absolute atomic E-state index is 4.25. The molecule has 2 aromatic heterocycles. The third-order valence-electron chi connectivity index (χ3n) is 1.81. The van der Waals surface area contributed by atoms with Gasteiger partial charge < -0.3 is 5.32 Å². The molecule has 0 saturated carbocycles. The number of hydrogen-bond acceptors (Lipinski definition) is 4. The Labute approximate surface area is 95.9 Å². The summed E-state index contributed by atoms with van der Waals surface area (Å²) in [6, 6.07) is 3.78. The Morgan fingerprint density at radius 1 is 1.33 bits per heavy atom. The summed E-state index contributed by atoms with van der Waals surface area (Å²) < 4.78 is 0.918. The average molecular weight is 265 g/mol. The predicted molar refractivity (Wildman–Crippen MR) is 62.0 cm³/mol.